The number of piperazine rings is 1. The highest BCUT2D eigenvalue weighted by atomic mass is 16.2. The van der Waals surface area contributed by atoms with Gasteiger partial charge in [0.05, 0.1) is 5.56 Å². The van der Waals surface area contributed by atoms with Crippen molar-refractivity contribution in [1.82, 2.24) is 14.9 Å². The summed E-state index contributed by atoms with van der Waals surface area (Å²) in [5.41, 5.74) is 4.52. The molecule has 1 aromatic heterocycles. The van der Waals surface area contributed by atoms with Gasteiger partial charge in [-0.25, -0.2) is 9.97 Å². The number of aryl methyl sites for hydroxylation is 1. The molecule has 2 heterocycles. The zero-order valence-corrected chi connectivity index (χ0v) is 14.9. The molecule has 130 valence electrons. The second kappa shape index (κ2) is 6.47. The van der Waals surface area contributed by atoms with E-state index in [0.717, 1.165) is 32.0 Å². The number of carbonyl (C=O) groups is 1. The van der Waals surface area contributed by atoms with Gasteiger partial charge in [0.25, 0.3) is 5.91 Å². The van der Waals surface area contributed by atoms with Gasteiger partial charge in [0.1, 0.15) is 5.82 Å². The number of nitrogens with zero attached hydrogens (tertiary/aromatic N) is 4. The highest BCUT2D eigenvalue weighted by Crippen LogP contribution is 2.37. The van der Waals surface area contributed by atoms with Crippen molar-refractivity contribution in [3.05, 3.63) is 53.1 Å². The summed E-state index contributed by atoms with van der Waals surface area (Å²) in [7, 11) is 0. The first kappa shape index (κ1) is 16.1. The quantitative estimate of drug-likeness (QED) is 0.865. The molecule has 25 heavy (non-hydrogen) atoms. The minimum Gasteiger partial charge on any atom is -0.368 e. The molecule has 1 aromatic carbocycles. The minimum absolute atomic E-state index is 0.0444. The molecule has 5 nitrogen and oxygen atoms in total. The average Bonchev–Trinajstić information content (AvgIpc) is 3.49. The van der Waals surface area contributed by atoms with Gasteiger partial charge in [0, 0.05) is 50.2 Å². The molecular formula is C20H24N4O. The van der Waals surface area contributed by atoms with E-state index in [4.69, 9.17) is 0 Å². The number of benzene rings is 1. The number of anilines is 1. The maximum atomic E-state index is 12.7. The monoisotopic (exact) mass is 336 g/mol. The zero-order valence-electron chi connectivity index (χ0n) is 14.9. The van der Waals surface area contributed by atoms with E-state index < -0.39 is 0 Å². The molecule has 2 aliphatic rings. The van der Waals surface area contributed by atoms with Crippen LogP contribution < -0.4 is 4.90 Å². The molecule has 0 spiro atoms. The van der Waals surface area contributed by atoms with Gasteiger partial charge < -0.3 is 9.80 Å². The first-order valence-electron chi connectivity index (χ1n) is 9.06. The van der Waals surface area contributed by atoms with Crippen molar-refractivity contribution in [2.45, 2.75) is 32.6 Å². The van der Waals surface area contributed by atoms with Crippen LogP contribution >= 0.6 is 0 Å². The van der Waals surface area contributed by atoms with E-state index in [1.54, 1.807) is 12.4 Å². The van der Waals surface area contributed by atoms with E-state index in [2.05, 4.69) is 46.9 Å². The molecule has 0 N–H and O–H groups in total. The molecule has 5 heteroatoms. The summed E-state index contributed by atoms with van der Waals surface area (Å²) in [4.78, 5) is 25.7. The van der Waals surface area contributed by atoms with Crippen LogP contribution in [0.15, 0.2) is 30.6 Å². The number of hydrogen-bond donors (Lipinski definition) is 0. The van der Waals surface area contributed by atoms with Crippen molar-refractivity contribution in [3.8, 4) is 0 Å². The van der Waals surface area contributed by atoms with Crippen LogP contribution in [-0.4, -0.2) is 47.0 Å². The fourth-order valence-corrected chi connectivity index (χ4v) is 3.41. The number of rotatable bonds is 3. The van der Waals surface area contributed by atoms with Gasteiger partial charge in [-0.1, -0.05) is 12.1 Å². The lowest BCUT2D eigenvalue weighted by Crippen LogP contribution is -2.49. The Morgan fingerprint density at radius 2 is 1.72 bits per heavy atom. The van der Waals surface area contributed by atoms with Crippen molar-refractivity contribution in [3.63, 3.8) is 0 Å². The van der Waals surface area contributed by atoms with Crippen LogP contribution in [0.2, 0.25) is 0 Å². The molecule has 1 saturated heterocycles. The molecule has 2 fully saturated rings. The Morgan fingerprint density at radius 1 is 1.04 bits per heavy atom. The molecule has 4 rings (SSSR count). The number of amides is 1. The fourth-order valence-electron chi connectivity index (χ4n) is 3.41. The van der Waals surface area contributed by atoms with Crippen molar-refractivity contribution in [1.29, 1.82) is 0 Å². The molecule has 1 amide bonds. The van der Waals surface area contributed by atoms with Crippen LogP contribution in [-0.2, 0) is 0 Å². The summed E-state index contributed by atoms with van der Waals surface area (Å²) < 4.78 is 0. The Hall–Kier alpha value is -2.43. The lowest BCUT2D eigenvalue weighted by atomic mass is 10.1. The van der Waals surface area contributed by atoms with Crippen LogP contribution in [0.3, 0.4) is 0 Å². The summed E-state index contributed by atoms with van der Waals surface area (Å²) in [5, 5.41) is 0. The SMILES string of the molecule is Cc1cccc(N2CCN(C(=O)c3cnc(C4CC4)nc3)CC2)c1C. The van der Waals surface area contributed by atoms with Crippen molar-refractivity contribution in [2.24, 2.45) is 0 Å². The minimum atomic E-state index is 0.0444. The van der Waals surface area contributed by atoms with Crippen molar-refractivity contribution < 1.29 is 4.79 Å². The van der Waals surface area contributed by atoms with Crippen LogP contribution in [0, 0.1) is 13.8 Å². The lowest BCUT2D eigenvalue weighted by Gasteiger charge is -2.37. The molecule has 1 aliphatic carbocycles. The normalized spacial score (nSPS) is 17.7. The Labute approximate surface area is 148 Å². The predicted octanol–water partition coefficient (Wildman–Crippen LogP) is 2.93. The number of carbonyl (C=O) groups excluding carboxylic acids is 1. The first-order valence-corrected chi connectivity index (χ1v) is 9.06. The number of hydrogen-bond acceptors (Lipinski definition) is 4. The molecule has 0 atom stereocenters. The van der Waals surface area contributed by atoms with Crippen LogP contribution in [0.25, 0.3) is 0 Å². The Balaban J connectivity index is 1.40. The lowest BCUT2D eigenvalue weighted by molar-refractivity contribution is 0.0746. The van der Waals surface area contributed by atoms with Gasteiger partial charge in [0.2, 0.25) is 0 Å². The van der Waals surface area contributed by atoms with E-state index in [0.29, 0.717) is 11.5 Å². The summed E-state index contributed by atoms with van der Waals surface area (Å²) >= 11 is 0. The van der Waals surface area contributed by atoms with E-state index >= 15 is 0 Å². The summed E-state index contributed by atoms with van der Waals surface area (Å²) in [6.07, 6.45) is 5.74. The fraction of sp³-hybridized carbons (Fsp3) is 0.450. The molecule has 0 bridgehead atoms. The van der Waals surface area contributed by atoms with E-state index in [1.165, 1.54) is 29.7 Å². The number of aromatic nitrogens is 2. The smallest absolute Gasteiger partial charge is 0.257 e. The molecule has 0 radical (unpaired) electrons. The van der Waals surface area contributed by atoms with Gasteiger partial charge in [0.15, 0.2) is 0 Å². The second-order valence-corrected chi connectivity index (χ2v) is 7.10. The summed E-state index contributed by atoms with van der Waals surface area (Å²) in [6, 6.07) is 6.42. The van der Waals surface area contributed by atoms with Crippen LogP contribution in [0.1, 0.15) is 46.1 Å². The largest absolute Gasteiger partial charge is 0.368 e. The predicted molar refractivity (Wildman–Crippen MR) is 98.0 cm³/mol. The topological polar surface area (TPSA) is 49.3 Å². The van der Waals surface area contributed by atoms with Gasteiger partial charge in [-0.15, -0.1) is 0 Å². The second-order valence-electron chi connectivity index (χ2n) is 7.10. The third kappa shape index (κ3) is 3.23. The van der Waals surface area contributed by atoms with Gasteiger partial charge in [-0.2, -0.15) is 0 Å². The average molecular weight is 336 g/mol. The van der Waals surface area contributed by atoms with E-state index in [-0.39, 0.29) is 5.91 Å². The van der Waals surface area contributed by atoms with Crippen LogP contribution in [0.4, 0.5) is 5.69 Å². The third-order valence-corrected chi connectivity index (χ3v) is 5.34. The van der Waals surface area contributed by atoms with Gasteiger partial charge in [-0.3, -0.25) is 4.79 Å². The van der Waals surface area contributed by atoms with Crippen molar-refractivity contribution >= 4 is 11.6 Å². The molecular weight excluding hydrogens is 312 g/mol. The highest BCUT2D eigenvalue weighted by Gasteiger charge is 2.27. The van der Waals surface area contributed by atoms with Gasteiger partial charge in [-0.05, 0) is 43.9 Å². The Bertz CT molecular complexity index is 775. The summed E-state index contributed by atoms with van der Waals surface area (Å²) in [5.74, 6) is 1.45. The van der Waals surface area contributed by atoms with Gasteiger partial charge >= 0.3 is 0 Å². The standard InChI is InChI=1S/C20H24N4O/c1-14-4-3-5-18(15(14)2)23-8-10-24(11-9-23)20(25)17-12-21-19(22-13-17)16-6-7-16/h3-5,12-13,16H,6-11H2,1-2H3. The third-order valence-electron chi connectivity index (χ3n) is 5.34. The highest BCUT2D eigenvalue weighted by molar-refractivity contribution is 5.93. The Morgan fingerprint density at radius 3 is 2.36 bits per heavy atom. The molecule has 2 aromatic rings. The maximum absolute atomic E-state index is 12.7. The zero-order chi connectivity index (χ0) is 17.4. The van der Waals surface area contributed by atoms with Crippen molar-refractivity contribution in [2.75, 3.05) is 31.1 Å². The maximum Gasteiger partial charge on any atom is 0.257 e. The Kier molecular flexibility index (Phi) is 4.15. The molecule has 1 saturated carbocycles. The first-order chi connectivity index (χ1) is 12.1. The summed E-state index contributed by atoms with van der Waals surface area (Å²) in [6.45, 7) is 7.49. The van der Waals surface area contributed by atoms with E-state index in [1.807, 2.05) is 4.90 Å². The molecule has 1 aliphatic heterocycles. The molecule has 0 unspecified atom stereocenters. The van der Waals surface area contributed by atoms with E-state index in [9.17, 15) is 4.79 Å². The van der Waals surface area contributed by atoms with Crippen LogP contribution in [0.5, 0.6) is 0 Å².